The molecule has 1 aliphatic heterocycles. The van der Waals surface area contributed by atoms with E-state index in [1.54, 1.807) is 24.2 Å². The predicted octanol–water partition coefficient (Wildman–Crippen LogP) is 3.33. The monoisotopic (exact) mass is 324 g/mol. The Hall–Kier alpha value is -2.40. The Bertz CT molecular complexity index is 755. The van der Waals surface area contributed by atoms with Gasteiger partial charge in [-0.1, -0.05) is 26.0 Å². The van der Waals surface area contributed by atoms with Crippen molar-refractivity contribution in [3.8, 4) is 0 Å². The number of rotatable bonds is 4. The number of fused-ring (bicyclic) bond motifs is 2. The van der Waals surface area contributed by atoms with Gasteiger partial charge >= 0.3 is 0 Å². The minimum absolute atomic E-state index is 0.0522. The number of amides is 1. The SMILES string of the molecule is CCC(N)(CC)CN1c2ccccc2N(C)C(=O)c2cccnc21. The first kappa shape index (κ1) is 16.5. The van der Waals surface area contributed by atoms with E-state index in [1.807, 2.05) is 30.3 Å². The van der Waals surface area contributed by atoms with Crippen molar-refractivity contribution in [2.45, 2.75) is 32.2 Å². The van der Waals surface area contributed by atoms with E-state index in [9.17, 15) is 4.79 Å². The van der Waals surface area contributed by atoms with Gasteiger partial charge in [0.15, 0.2) is 0 Å². The number of anilines is 3. The normalized spacial score (nSPS) is 14.2. The second kappa shape index (κ2) is 6.24. The zero-order valence-corrected chi connectivity index (χ0v) is 14.5. The van der Waals surface area contributed by atoms with E-state index < -0.39 is 0 Å². The number of carbonyl (C=O) groups is 1. The molecule has 0 atom stereocenters. The minimum Gasteiger partial charge on any atom is -0.324 e. The van der Waals surface area contributed by atoms with Crippen LogP contribution in [0.2, 0.25) is 0 Å². The molecular weight excluding hydrogens is 300 g/mol. The van der Waals surface area contributed by atoms with Crippen molar-refractivity contribution in [3.05, 3.63) is 48.2 Å². The van der Waals surface area contributed by atoms with Crippen LogP contribution in [0.25, 0.3) is 0 Å². The number of hydrogen-bond donors (Lipinski definition) is 1. The summed E-state index contributed by atoms with van der Waals surface area (Å²) in [6.45, 7) is 4.82. The highest BCUT2D eigenvalue weighted by Crippen LogP contribution is 2.39. The molecule has 1 aromatic carbocycles. The summed E-state index contributed by atoms with van der Waals surface area (Å²) < 4.78 is 0. The van der Waals surface area contributed by atoms with Gasteiger partial charge in [0.2, 0.25) is 0 Å². The van der Waals surface area contributed by atoms with Crippen LogP contribution < -0.4 is 15.5 Å². The molecule has 0 spiro atoms. The Morgan fingerprint density at radius 3 is 2.42 bits per heavy atom. The fourth-order valence-electron chi connectivity index (χ4n) is 3.11. The van der Waals surface area contributed by atoms with Gasteiger partial charge in [0.1, 0.15) is 5.82 Å². The van der Waals surface area contributed by atoms with E-state index >= 15 is 0 Å². The van der Waals surface area contributed by atoms with Gasteiger partial charge in [-0.25, -0.2) is 4.98 Å². The van der Waals surface area contributed by atoms with Crippen LogP contribution in [0.15, 0.2) is 42.6 Å². The second-order valence-corrected chi connectivity index (χ2v) is 6.38. The highest BCUT2D eigenvalue weighted by Gasteiger charge is 2.33. The molecule has 5 nitrogen and oxygen atoms in total. The van der Waals surface area contributed by atoms with Crippen LogP contribution >= 0.6 is 0 Å². The fourth-order valence-corrected chi connectivity index (χ4v) is 3.11. The van der Waals surface area contributed by atoms with Crippen molar-refractivity contribution in [1.82, 2.24) is 4.98 Å². The molecule has 2 N–H and O–H groups in total. The summed E-state index contributed by atoms with van der Waals surface area (Å²) in [4.78, 5) is 21.2. The Labute approximate surface area is 143 Å². The lowest BCUT2D eigenvalue weighted by molar-refractivity contribution is 0.0994. The van der Waals surface area contributed by atoms with Crippen LogP contribution in [0.3, 0.4) is 0 Å². The number of nitrogens with two attached hydrogens (primary N) is 1. The van der Waals surface area contributed by atoms with Gasteiger partial charge in [-0.2, -0.15) is 0 Å². The van der Waals surface area contributed by atoms with Gasteiger partial charge in [0, 0.05) is 25.3 Å². The molecule has 1 aromatic heterocycles. The molecule has 0 unspecified atom stereocenters. The van der Waals surface area contributed by atoms with E-state index in [1.165, 1.54) is 0 Å². The fraction of sp³-hybridized carbons (Fsp3) is 0.368. The second-order valence-electron chi connectivity index (χ2n) is 6.38. The van der Waals surface area contributed by atoms with E-state index in [0.717, 1.165) is 24.2 Å². The van der Waals surface area contributed by atoms with Crippen molar-refractivity contribution >= 4 is 23.1 Å². The molecule has 1 aliphatic rings. The first-order valence-electron chi connectivity index (χ1n) is 8.39. The molecule has 1 amide bonds. The van der Waals surface area contributed by atoms with Crippen molar-refractivity contribution in [2.24, 2.45) is 5.73 Å². The maximum absolute atomic E-state index is 12.9. The largest absolute Gasteiger partial charge is 0.324 e. The van der Waals surface area contributed by atoms with Crippen LogP contribution in [0.5, 0.6) is 0 Å². The summed E-state index contributed by atoms with van der Waals surface area (Å²) in [5.41, 5.74) is 8.69. The van der Waals surface area contributed by atoms with Gasteiger partial charge in [0.05, 0.1) is 16.9 Å². The van der Waals surface area contributed by atoms with E-state index in [2.05, 4.69) is 23.7 Å². The summed E-state index contributed by atoms with van der Waals surface area (Å²) in [5, 5.41) is 0. The predicted molar refractivity (Wildman–Crippen MR) is 97.9 cm³/mol. The van der Waals surface area contributed by atoms with Crippen LogP contribution in [-0.2, 0) is 0 Å². The number of pyridine rings is 1. The molecule has 2 heterocycles. The number of nitrogens with zero attached hydrogens (tertiary/aromatic N) is 3. The number of aromatic nitrogens is 1. The van der Waals surface area contributed by atoms with E-state index in [-0.39, 0.29) is 11.4 Å². The maximum atomic E-state index is 12.9. The quantitative estimate of drug-likeness (QED) is 0.937. The number of carbonyl (C=O) groups excluding carboxylic acids is 1. The van der Waals surface area contributed by atoms with Crippen LogP contribution in [0.4, 0.5) is 17.2 Å². The molecule has 2 aromatic rings. The average molecular weight is 324 g/mol. The number of benzene rings is 1. The van der Waals surface area contributed by atoms with Crippen molar-refractivity contribution < 1.29 is 4.79 Å². The molecule has 0 saturated heterocycles. The molecule has 0 radical (unpaired) electrons. The summed E-state index contributed by atoms with van der Waals surface area (Å²) in [6, 6.07) is 11.5. The molecule has 126 valence electrons. The molecule has 0 saturated carbocycles. The summed E-state index contributed by atoms with van der Waals surface area (Å²) >= 11 is 0. The zero-order valence-electron chi connectivity index (χ0n) is 14.5. The van der Waals surface area contributed by atoms with E-state index in [4.69, 9.17) is 5.73 Å². The first-order chi connectivity index (χ1) is 11.5. The zero-order chi connectivity index (χ0) is 17.3. The molecule has 24 heavy (non-hydrogen) atoms. The lowest BCUT2D eigenvalue weighted by Crippen LogP contribution is -2.48. The Balaban J connectivity index is 2.21. The van der Waals surface area contributed by atoms with Crippen LogP contribution in [-0.4, -0.2) is 30.0 Å². The van der Waals surface area contributed by atoms with Crippen LogP contribution in [0.1, 0.15) is 37.0 Å². The van der Waals surface area contributed by atoms with Crippen molar-refractivity contribution in [1.29, 1.82) is 0 Å². The summed E-state index contributed by atoms with van der Waals surface area (Å²) in [5.74, 6) is 0.625. The van der Waals surface area contributed by atoms with Gasteiger partial charge < -0.3 is 15.5 Å². The molecular formula is C19H24N4O. The molecule has 0 fully saturated rings. The summed E-state index contributed by atoms with van der Waals surface area (Å²) in [6.07, 6.45) is 3.44. The van der Waals surface area contributed by atoms with Crippen molar-refractivity contribution in [2.75, 3.05) is 23.4 Å². The van der Waals surface area contributed by atoms with Gasteiger partial charge in [0.25, 0.3) is 5.91 Å². The highest BCUT2D eigenvalue weighted by atomic mass is 16.2. The standard InChI is InChI=1S/C19H24N4O/c1-4-19(20,5-2)13-23-16-11-7-6-10-15(16)22(3)18(24)14-9-8-12-21-17(14)23/h6-12H,4-5,13,20H2,1-3H3. The third kappa shape index (κ3) is 2.65. The lowest BCUT2D eigenvalue weighted by atomic mass is 9.93. The molecule has 0 aliphatic carbocycles. The lowest BCUT2D eigenvalue weighted by Gasteiger charge is -2.35. The Kier molecular flexibility index (Phi) is 4.28. The van der Waals surface area contributed by atoms with Crippen molar-refractivity contribution in [3.63, 3.8) is 0 Å². The highest BCUT2D eigenvalue weighted by molar-refractivity contribution is 6.12. The van der Waals surface area contributed by atoms with Gasteiger partial charge in [-0.3, -0.25) is 4.79 Å². The van der Waals surface area contributed by atoms with E-state index in [0.29, 0.717) is 17.9 Å². The third-order valence-electron chi connectivity index (χ3n) is 4.99. The van der Waals surface area contributed by atoms with Gasteiger partial charge in [-0.05, 0) is 37.1 Å². The average Bonchev–Trinajstić information content (AvgIpc) is 2.72. The third-order valence-corrected chi connectivity index (χ3v) is 4.99. The molecule has 5 heteroatoms. The molecule has 3 rings (SSSR count). The topological polar surface area (TPSA) is 62.5 Å². The summed E-state index contributed by atoms with van der Waals surface area (Å²) in [7, 11) is 1.80. The van der Waals surface area contributed by atoms with Gasteiger partial charge in [-0.15, -0.1) is 0 Å². The Morgan fingerprint density at radius 2 is 1.75 bits per heavy atom. The molecule has 0 bridgehead atoms. The maximum Gasteiger partial charge on any atom is 0.261 e. The number of hydrogen-bond acceptors (Lipinski definition) is 4. The smallest absolute Gasteiger partial charge is 0.261 e. The minimum atomic E-state index is -0.339. The number of para-hydroxylation sites is 2. The Morgan fingerprint density at radius 1 is 1.08 bits per heavy atom. The van der Waals surface area contributed by atoms with Crippen LogP contribution in [0, 0.1) is 0 Å². The first-order valence-corrected chi connectivity index (χ1v) is 8.39.